The molecule has 1 heterocycles. The molecule has 2 N–H and O–H groups in total. The van der Waals surface area contributed by atoms with Gasteiger partial charge in [-0.1, -0.05) is 6.07 Å². The van der Waals surface area contributed by atoms with Crippen LogP contribution in [0.5, 0.6) is 11.5 Å². The number of benzene rings is 1. The van der Waals surface area contributed by atoms with Gasteiger partial charge in [-0.2, -0.15) is 0 Å². The molecule has 0 spiro atoms. The predicted molar refractivity (Wildman–Crippen MR) is 78.2 cm³/mol. The molecule has 0 atom stereocenters. The molecule has 0 aliphatic heterocycles. The van der Waals surface area contributed by atoms with Crippen LogP contribution in [-0.4, -0.2) is 17.8 Å². The molecule has 106 valence electrons. The van der Waals surface area contributed by atoms with Gasteiger partial charge in [0.25, 0.3) is 5.56 Å². The van der Waals surface area contributed by atoms with E-state index in [4.69, 9.17) is 15.2 Å². The molecule has 0 unspecified atom stereocenters. The van der Waals surface area contributed by atoms with E-state index in [-0.39, 0.29) is 5.56 Å². The fourth-order valence-electron chi connectivity index (χ4n) is 1.82. The second-order valence-corrected chi connectivity index (χ2v) is 4.22. The minimum atomic E-state index is -0.148. The summed E-state index contributed by atoms with van der Waals surface area (Å²) in [5.41, 5.74) is 6.17. The van der Waals surface area contributed by atoms with Gasteiger partial charge in [0.1, 0.15) is 12.4 Å². The van der Waals surface area contributed by atoms with Crippen LogP contribution in [0.15, 0.2) is 47.4 Å². The van der Waals surface area contributed by atoms with Crippen molar-refractivity contribution in [2.24, 2.45) is 0 Å². The van der Waals surface area contributed by atoms with E-state index in [0.29, 0.717) is 36.9 Å². The number of nitrogens with zero attached hydrogens (tertiary/aromatic N) is 1. The highest BCUT2D eigenvalue weighted by molar-refractivity contribution is 5.43. The first-order valence-corrected chi connectivity index (χ1v) is 6.51. The fraction of sp³-hybridized carbons (Fsp3) is 0.267. The highest BCUT2D eigenvalue weighted by atomic mass is 16.5. The number of rotatable bonds is 6. The third-order valence-corrected chi connectivity index (χ3v) is 2.74. The number of pyridine rings is 1. The van der Waals surface area contributed by atoms with Crippen LogP contribution >= 0.6 is 0 Å². The zero-order valence-electron chi connectivity index (χ0n) is 11.4. The van der Waals surface area contributed by atoms with Crippen molar-refractivity contribution < 1.29 is 9.47 Å². The molecule has 0 amide bonds. The lowest BCUT2D eigenvalue weighted by Crippen LogP contribution is -2.23. The van der Waals surface area contributed by atoms with E-state index in [1.165, 1.54) is 0 Å². The molecule has 0 fully saturated rings. The van der Waals surface area contributed by atoms with Crippen molar-refractivity contribution in [3.05, 3.63) is 52.9 Å². The van der Waals surface area contributed by atoms with Gasteiger partial charge in [-0.15, -0.1) is 0 Å². The Morgan fingerprint density at radius 3 is 2.80 bits per heavy atom. The second kappa shape index (κ2) is 6.65. The van der Waals surface area contributed by atoms with E-state index < -0.39 is 0 Å². The lowest BCUT2D eigenvalue weighted by Gasteiger charge is -2.10. The van der Waals surface area contributed by atoms with Crippen LogP contribution < -0.4 is 20.8 Å². The second-order valence-electron chi connectivity index (χ2n) is 4.22. The van der Waals surface area contributed by atoms with Crippen LogP contribution in [0.1, 0.15) is 6.92 Å². The van der Waals surface area contributed by atoms with Crippen LogP contribution in [0.3, 0.4) is 0 Å². The lowest BCUT2D eigenvalue weighted by molar-refractivity contribution is 0.291. The largest absolute Gasteiger partial charge is 0.492 e. The third kappa shape index (κ3) is 3.54. The molecule has 0 radical (unpaired) electrons. The van der Waals surface area contributed by atoms with E-state index in [1.54, 1.807) is 35.0 Å². The molecule has 2 aromatic rings. The smallest absolute Gasteiger partial charge is 0.292 e. The lowest BCUT2D eigenvalue weighted by atomic mass is 10.3. The average molecular weight is 274 g/mol. The molecular weight excluding hydrogens is 256 g/mol. The van der Waals surface area contributed by atoms with Crippen molar-refractivity contribution in [2.45, 2.75) is 13.5 Å². The van der Waals surface area contributed by atoms with Crippen molar-refractivity contribution >= 4 is 5.69 Å². The average Bonchev–Trinajstić information content (AvgIpc) is 2.43. The van der Waals surface area contributed by atoms with Crippen LogP contribution in [-0.2, 0) is 6.54 Å². The van der Waals surface area contributed by atoms with Crippen molar-refractivity contribution in [2.75, 3.05) is 18.9 Å². The maximum atomic E-state index is 12.0. The van der Waals surface area contributed by atoms with Gasteiger partial charge in [-0.3, -0.25) is 4.79 Å². The van der Waals surface area contributed by atoms with Crippen molar-refractivity contribution in [3.63, 3.8) is 0 Å². The number of aromatic nitrogens is 1. The quantitative estimate of drug-likeness (QED) is 0.817. The van der Waals surface area contributed by atoms with Gasteiger partial charge in [0.05, 0.1) is 13.2 Å². The summed E-state index contributed by atoms with van der Waals surface area (Å²) in [5.74, 6) is 1.05. The number of hydrogen-bond donors (Lipinski definition) is 1. The molecule has 0 aliphatic rings. The molecule has 5 heteroatoms. The van der Waals surface area contributed by atoms with Gasteiger partial charge in [-0.05, 0) is 31.2 Å². The first kappa shape index (κ1) is 14.0. The minimum absolute atomic E-state index is 0.148. The summed E-state index contributed by atoms with van der Waals surface area (Å²) in [7, 11) is 0. The third-order valence-electron chi connectivity index (χ3n) is 2.74. The standard InChI is InChI=1S/C15H18N2O3/c1-2-19-14-7-4-8-17(15(14)18)9-10-20-13-6-3-5-12(16)11-13/h3-8,11H,2,9-10,16H2,1H3. The maximum Gasteiger partial charge on any atom is 0.292 e. The summed E-state index contributed by atoms with van der Waals surface area (Å²) in [4.78, 5) is 12.0. The summed E-state index contributed by atoms with van der Waals surface area (Å²) in [6, 6.07) is 10.7. The van der Waals surface area contributed by atoms with Gasteiger partial charge >= 0.3 is 0 Å². The Balaban J connectivity index is 1.97. The van der Waals surface area contributed by atoms with Crippen molar-refractivity contribution in [1.29, 1.82) is 0 Å². The summed E-state index contributed by atoms with van der Waals surface area (Å²) < 4.78 is 12.4. The highest BCUT2D eigenvalue weighted by Gasteiger charge is 2.03. The summed E-state index contributed by atoms with van der Waals surface area (Å²) >= 11 is 0. The molecule has 0 aliphatic carbocycles. The molecule has 0 saturated carbocycles. The van der Waals surface area contributed by atoms with Gasteiger partial charge in [0, 0.05) is 18.0 Å². The highest BCUT2D eigenvalue weighted by Crippen LogP contribution is 2.14. The Kier molecular flexibility index (Phi) is 4.65. The summed E-state index contributed by atoms with van der Waals surface area (Å²) in [6.45, 7) is 3.16. The van der Waals surface area contributed by atoms with E-state index in [1.807, 2.05) is 19.1 Å². The molecule has 1 aromatic carbocycles. The van der Waals surface area contributed by atoms with Gasteiger partial charge < -0.3 is 19.8 Å². The predicted octanol–water partition coefficient (Wildman–Crippen LogP) is 1.91. The number of nitrogen functional groups attached to an aromatic ring is 1. The van der Waals surface area contributed by atoms with Crippen LogP contribution in [0.2, 0.25) is 0 Å². The monoisotopic (exact) mass is 274 g/mol. The number of anilines is 1. The Bertz CT molecular complexity index is 623. The number of ether oxygens (including phenoxy) is 2. The molecule has 2 rings (SSSR count). The van der Waals surface area contributed by atoms with Crippen LogP contribution in [0.4, 0.5) is 5.69 Å². The van der Waals surface area contributed by atoms with Gasteiger partial charge in [-0.25, -0.2) is 0 Å². The van der Waals surface area contributed by atoms with Crippen molar-refractivity contribution in [1.82, 2.24) is 4.57 Å². The van der Waals surface area contributed by atoms with Gasteiger partial charge in [0.2, 0.25) is 0 Å². The van der Waals surface area contributed by atoms with Crippen molar-refractivity contribution in [3.8, 4) is 11.5 Å². The van der Waals surface area contributed by atoms with E-state index in [2.05, 4.69) is 0 Å². The van der Waals surface area contributed by atoms with E-state index in [9.17, 15) is 4.79 Å². The van der Waals surface area contributed by atoms with E-state index in [0.717, 1.165) is 0 Å². The van der Waals surface area contributed by atoms with Crippen LogP contribution in [0.25, 0.3) is 0 Å². The maximum absolute atomic E-state index is 12.0. The molecular formula is C15H18N2O3. The molecule has 5 nitrogen and oxygen atoms in total. The Hall–Kier alpha value is -2.43. The number of nitrogens with two attached hydrogens (primary N) is 1. The molecule has 1 aromatic heterocycles. The Morgan fingerprint density at radius 1 is 1.20 bits per heavy atom. The molecule has 0 saturated heterocycles. The van der Waals surface area contributed by atoms with E-state index >= 15 is 0 Å². The molecule has 0 bridgehead atoms. The zero-order valence-corrected chi connectivity index (χ0v) is 11.4. The Labute approximate surface area is 117 Å². The summed E-state index contributed by atoms with van der Waals surface area (Å²) in [6.07, 6.45) is 1.72. The first-order chi connectivity index (χ1) is 9.70. The first-order valence-electron chi connectivity index (χ1n) is 6.51. The Morgan fingerprint density at radius 2 is 2.05 bits per heavy atom. The normalized spacial score (nSPS) is 10.2. The van der Waals surface area contributed by atoms with Gasteiger partial charge in [0.15, 0.2) is 5.75 Å². The fourth-order valence-corrected chi connectivity index (χ4v) is 1.82. The molecule has 20 heavy (non-hydrogen) atoms. The SMILES string of the molecule is CCOc1cccn(CCOc2cccc(N)c2)c1=O. The summed E-state index contributed by atoms with van der Waals surface area (Å²) in [5, 5.41) is 0. The topological polar surface area (TPSA) is 66.5 Å². The van der Waals surface area contributed by atoms with Crippen LogP contribution in [0, 0.1) is 0 Å². The number of hydrogen-bond acceptors (Lipinski definition) is 4. The minimum Gasteiger partial charge on any atom is -0.492 e. The zero-order chi connectivity index (χ0) is 14.4.